The van der Waals surface area contributed by atoms with Crippen LogP contribution in [-0.2, 0) is 14.3 Å². The predicted octanol–water partition coefficient (Wildman–Crippen LogP) is 2.04. The van der Waals surface area contributed by atoms with E-state index in [0.717, 1.165) is 0 Å². The summed E-state index contributed by atoms with van der Waals surface area (Å²) in [7, 11) is 0. The SMILES string of the molecule is CCOC(=O)C1=C(C)OC(N)=C(C#N)C1c1ccccc1O. The van der Waals surface area contributed by atoms with E-state index in [2.05, 4.69) is 0 Å². The maximum absolute atomic E-state index is 12.3. The minimum absolute atomic E-state index is 0.0375. The van der Waals surface area contributed by atoms with E-state index in [9.17, 15) is 15.2 Å². The van der Waals surface area contributed by atoms with Crippen LogP contribution in [0, 0.1) is 11.3 Å². The first-order chi connectivity index (χ1) is 10.5. The molecule has 1 atom stereocenters. The van der Waals surface area contributed by atoms with E-state index in [1.807, 2.05) is 6.07 Å². The Hall–Kier alpha value is -2.94. The fourth-order valence-electron chi connectivity index (χ4n) is 2.40. The zero-order chi connectivity index (χ0) is 16.3. The molecule has 2 rings (SSSR count). The zero-order valence-corrected chi connectivity index (χ0v) is 12.3. The van der Waals surface area contributed by atoms with Gasteiger partial charge in [-0.25, -0.2) is 4.79 Å². The number of aromatic hydroxyl groups is 1. The number of nitrogens with two attached hydrogens (primary N) is 1. The largest absolute Gasteiger partial charge is 0.508 e. The second-order valence-corrected chi connectivity index (χ2v) is 4.67. The Bertz CT molecular complexity index is 713. The van der Waals surface area contributed by atoms with Crippen molar-refractivity contribution in [3.8, 4) is 11.8 Å². The molecule has 114 valence electrons. The first-order valence-corrected chi connectivity index (χ1v) is 6.74. The van der Waals surface area contributed by atoms with Crippen molar-refractivity contribution in [3.05, 3.63) is 52.6 Å². The van der Waals surface area contributed by atoms with Gasteiger partial charge in [-0.05, 0) is 19.9 Å². The highest BCUT2D eigenvalue weighted by molar-refractivity contribution is 5.92. The van der Waals surface area contributed by atoms with Crippen LogP contribution in [0.25, 0.3) is 0 Å². The predicted molar refractivity (Wildman–Crippen MR) is 78.1 cm³/mol. The number of para-hydroxylation sites is 1. The second-order valence-electron chi connectivity index (χ2n) is 4.67. The molecule has 6 heteroatoms. The summed E-state index contributed by atoms with van der Waals surface area (Å²) < 4.78 is 10.3. The molecule has 6 nitrogen and oxygen atoms in total. The molecule has 3 N–H and O–H groups in total. The molecule has 0 aliphatic carbocycles. The molecule has 0 aromatic heterocycles. The first-order valence-electron chi connectivity index (χ1n) is 6.74. The molecule has 1 aromatic rings. The highest BCUT2D eigenvalue weighted by Crippen LogP contribution is 2.42. The Morgan fingerprint density at radius 2 is 2.18 bits per heavy atom. The van der Waals surface area contributed by atoms with Gasteiger partial charge in [-0.1, -0.05) is 18.2 Å². The lowest BCUT2D eigenvalue weighted by atomic mass is 9.82. The number of allylic oxidation sites excluding steroid dienone is 2. The van der Waals surface area contributed by atoms with Gasteiger partial charge < -0.3 is 20.3 Å². The van der Waals surface area contributed by atoms with E-state index in [-0.39, 0.29) is 35.1 Å². The monoisotopic (exact) mass is 300 g/mol. The van der Waals surface area contributed by atoms with Crippen LogP contribution in [0.2, 0.25) is 0 Å². The van der Waals surface area contributed by atoms with E-state index < -0.39 is 11.9 Å². The third-order valence-electron chi connectivity index (χ3n) is 3.35. The average molecular weight is 300 g/mol. The summed E-state index contributed by atoms with van der Waals surface area (Å²) in [6, 6.07) is 8.41. The van der Waals surface area contributed by atoms with Crippen LogP contribution >= 0.6 is 0 Å². The molecule has 0 saturated carbocycles. The molecule has 22 heavy (non-hydrogen) atoms. The summed E-state index contributed by atoms with van der Waals surface area (Å²) in [5.74, 6) is -1.29. The van der Waals surface area contributed by atoms with Gasteiger partial charge in [0, 0.05) is 5.56 Å². The van der Waals surface area contributed by atoms with Crippen molar-refractivity contribution in [1.82, 2.24) is 0 Å². The number of esters is 1. The number of nitrogens with zero attached hydrogens (tertiary/aromatic N) is 1. The highest BCUT2D eigenvalue weighted by atomic mass is 16.5. The smallest absolute Gasteiger partial charge is 0.338 e. The van der Waals surface area contributed by atoms with Crippen molar-refractivity contribution in [2.24, 2.45) is 5.73 Å². The van der Waals surface area contributed by atoms with Crippen LogP contribution < -0.4 is 5.73 Å². The molecule has 0 bridgehead atoms. The Kier molecular flexibility index (Phi) is 4.37. The topological polar surface area (TPSA) is 106 Å². The maximum Gasteiger partial charge on any atom is 0.338 e. The first kappa shape index (κ1) is 15.4. The fraction of sp³-hybridized carbons (Fsp3) is 0.250. The lowest BCUT2D eigenvalue weighted by Crippen LogP contribution is -2.25. The number of carbonyl (C=O) groups excluding carboxylic acids is 1. The van der Waals surface area contributed by atoms with Crippen molar-refractivity contribution >= 4 is 5.97 Å². The minimum Gasteiger partial charge on any atom is -0.508 e. The summed E-state index contributed by atoms with van der Waals surface area (Å²) in [5, 5.41) is 19.5. The molecule has 1 heterocycles. The highest BCUT2D eigenvalue weighted by Gasteiger charge is 2.37. The molecular formula is C16H16N2O4. The van der Waals surface area contributed by atoms with E-state index in [1.165, 1.54) is 6.07 Å². The van der Waals surface area contributed by atoms with Crippen LogP contribution in [-0.4, -0.2) is 17.7 Å². The third-order valence-corrected chi connectivity index (χ3v) is 3.35. The number of rotatable bonds is 3. The van der Waals surface area contributed by atoms with Crippen molar-refractivity contribution in [3.63, 3.8) is 0 Å². The molecule has 0 fully saturated rings. The van der Waals surface area contributed by atoms with Crippen molar-refractivity contribution < 1.29 is 19.4 Å². The summed E-state index contributed by atoms with van der Waals surface area (Å²) in [4.78, 5) is 12.3. The Balaban J connectivity index is 2.65. The third kappa shape index (κ3) is 2.61. The van der Waals surface area contributed by atoms with Crippen molar-refractivity contribution in [1.29, 1.82) is 5.26 Å². The van der Waals surface area contributed by atoms with Gasteiger partial charge in [0.15, 0.2) is 0 Å². The molecule has 0 saturated heterocycles. The number of hydrogen-bond acceptors (Lipinski definition) is 6. The van der Waals surface area contributed by atoms with Crippen molar-refractivity contribution in [2.75, 3.05) is 6.61 Å². The molecule has 1 aliphatic heterocycles. The second kappa shape index (κ2) is 6.22. The Morgan fingerprint density at radius 3 is 2.77 bits per heavy atom. The summed E-state index contributed by atoms with van der Waals surface area (Å²) in [6.07, 6.45) is 0. The van der Waals surface area contributed by atoms with Gasteiger partial charge in [0.05, 0.1) is 18.1 Å². The molecule has 0 amide bonds. The van der Waals surface area contributed by atoms with Crippen LogP contribution in [0.5, 0.6) is 5.75 Å². The summed E-state index contributed by atoms with van der Waals surface area (Å²) >= 11 is 0. The van der Waals surface area contributed by atoms with E-state index in [1.54, 1.807) is 32.0 Å². The number of ether oxygens (including phenoxy) is 2. The maximum atomic E-state index is 12.3. The number of nitriles is 1. The molecular weight excluding hydrogens is 284 g/mol. The van der Waals surface area contributed by atoms with E-state index >= 15 is 0 Å². The van der Waals surface area contributed by atoms with Crippen molar-refractivity contribution in [2.45, 2.75) is 19.8 Å². The zero-order valence-electron chi connectivity index (χ0n) is 12.3. The van der Waals surface area contributed by atoms with Gasteiger partial charge in [0.2, 0.25) is 5.88 Å². The number of phenolic OH excluding ortho intramolecular Hbond substituents is 1. The van der Waals surface area contributed by atoms with Crippen LogP contribution in [0.4, 0.5) is 0 Å². The molecule has 1 unspecified atom stereocenters. The number of benzene rings is 1. The summed E-state index contributed by atoms with van der Waals surface area (Å²) in [6.45, 7) is 3.44. The quantitative estimate of drug-likeness (QED) is 0.827. The Labute approximate surface area is 128 Å². The fourth-order valence-corrected chi connectivity index (χ4v) is 2.40. The van der Waals surface area contributed by atoms with Gasteiger partial charge in [-0.15, -0.1) is 0 Å². The van der Waals surface area contributed by atoms with Crippen LogP contribution in [0.3, 0.4) is 0 Å². The number of hydrogen-bond donors (Lipinski definition) is 2. The normalized spacial score (nSPS) is 17.8. The van der Waals surface area contributed by atoms with Crippen LogP contribution in [0.1, 0.15) is 25.3 Å². The lowest BCUT2D eigenvalue weighted by molar-refractivity contribution is -0.139. The number of carbonyl (C=O) groups is 1. The minimum atomic E-state index is -0.820. The van der Waals surface area contributed by atoms with E-state index in [0.29, 0.717) is 5.56 Å². The molecule has 0 radical (unpaired) electrons. The summed E-state index contributed by atoms with van der Waals surface area (Å²) in [5.41, 5.74) is 6.38. The van der Waals surface area contributed by atoms with Gasteiger partial charge in [-0.3, -0.25) is 0 Å². The van der Waals surface area contributed by atoms with Gasteiger partial charge >= 0.3 is 5.97 Å². The lowest BCUT2D eigenvalue weighted by Gasteiger charge is -2.27. The van der Waals surface area contributed by atoms with Gasteiger partial charge in [0.1, 0.15) is 23.2 Å². The van der Waals surface area contributed by atoms with Crippen LogP contribution in [0.15, 0.2) is 47.1 Å². The number of phenols is 1. The molecule has 1 aliphatic rings. The van der Waals surface area contributed by atoms with Gasteiger partial charge in [-0.2, -0.15) is 5.26 Å². The van der Waals surface area contributed by atoms with E-state index in [4.69, 9.17) is 15.2 Å². The molecule has 0 spiro atoms. The standard InChI is InChI=1S/C16H16N2O4/c1-3-21-16(20)13-9(2)22-15(18)11(8-17)14(13)10-6-4-5-7-12(10)19/h4-7,14,19H,3,18H2,1-2H3. The molecule has 1 aromatic carbocycles. The average Bonchev–Trinajstić information content (AvgIpc) is 2.47. The van der Waals surface area contributed by atoms with Gasteiger partial charge in [0.25, 0.3) is 0 Å². The Morgan fingerprint density at radius 1 is 1.50 bits per heavy atom.